The number of rotatable bonds is 5. The van der Waals surface area contributed by atoms with Crippen molar-refractivity contribution in [3.8, 4) is 22.5 Å². The normalized spacial score (nSPS) is 16.3. The molecule has 0 radical (unpaired) electrons. The second kappa shape index (κ2) is 8.83. The fourth-order valence-electron chi connectivity index (χ4n) is 4.42. The number of fused-ring (bicyclic) bond motifs is 1. The van der Waals surface area contributed by atoms with Crippen molar-refractivity contribution in [2.75, 3.05) is 19.3 Å². The number of likely N-dealkylation sites (N-methyl/N-ethyl adjacent to an activating group) is 1. The molecule has 4 heterocycles. The molecular weight excluding hydrogens is 433 g/mol. The summed E-state index contributed by atoms with van der Waals surface area (Å²) in [5.74, 6) is -0.225. The number of hydrogen-bond donors (Lipinski definition) is 2. The Labute approximate surface area is 196 Å². The first-order valence-electron chi connectivity index (χ1n) is 11.2. The summed E-state index contributed by atoms with van der Waals surface area (Å²) in [4.78, 5) is 28.5. The maximum atomic E-state index is 14.0. The Bertz CT molecular complexity index is 1380. The topological polar surface area (TPSA) is 101 Å². The summed E-state index contributed by atoms with van der Waals surface area (Å²) in [5, 5.41) is 2.96. The number of nitrogens with two attached hydrogens (primary N) is 1. The molecule has 1 unspecified atom stereocenters. The van der Waals surface area contributed by atoms with Gasteiger partial charge in [0.05, 0.1) is 24.0 Å². The number of amides is 1. The first-order valence-corrected chi connectivity index (χ1v) is 11.2. The summed E-state index contributed by atoms with van der Waals surface area (Å²) < 4.78 is 16.0. The number of carbonyl (C=O) groups excluding carboxylic acids is 1. The smallest absolute Gasteiger partial charge is 0.237 e. The Balaban J connectivity index is 1.56. The number of aromatic nitrogens is 4. The second-order valence-electron chi connectivity index (χ2n) is 8.67. The molecule has 3 aromatic heterocycles. The summed E-state index contributed by atoms with van der Waals surface area (Å²) in [7, 11) is 1.95. The molecule has 0 spiro atoms. The molecule has 0 bridgehead atoms. The van der Waals surface area contributed by atoms with Crippen LogP contribution in [0.1, 0.15) is 24.2 Å². The minimum absolute atomic E-state index is 0.0487. The lowest BCUT2D eigenvalue weighted by Gasteiger charge is -2.19. The van der Waals surface area contributed by atoms with Gasteiger partial charge in [-0.3, -0.25) is 9.69 Å². The van der Waals surface area contributed by atoms with Crippen LogP contribution in [0.3, 0.4) is 0 Å². The van der Waals surface area contributed by atoms with Gasteiger partial charge in [-0.25, -0.2) is 19.3 Å². The summed E-state index contributed by atoms with van der Waals surface area (Å²) in [5.41, 5.74) is 10.9. The highest BCUT2D eigenvalue weighted by molar-refractivity contribution is 5.82. The summed E-state index contributed by atoms with van der Waals surface area (Å²) in [6, 6.07) is 9.84. The number of nitrogens with zero attached hydrogens (tertiary/aromatic N) is 5. The van der Waals surface area contributed by atoms with Gasteiger partial charge in [0.25, 0.3) is 0 Å². The molecule has 1 aliphatic rings. The van der Waals surface area contributed by atoms with E-state index in [1.807, 2.05) is 41.6 Å². The minimum atomic E-state index is -0.373. The van der Waals surface area contributed by atoms with Crippen molar-refractivity contribution < 1.29 is 9.18 Å². The predicted octanol–water partition coefficient (Wildman–Crippen LogP) is 3.20. The number of benzene rings is 1. The van der Waals surface area contributed by atoms with E-state index >= 15 is 0 Å². The Morgan fingerprint density at radius 1 is 1.21 bits per heavy atom. The van der Waals surface area contributed by atoms with E-state index < -0.39 is 0 Å². The van der Waals surface area contributed by atoms with Crippen molar-refractivity contribution in [1.29, 1.82) is 0 Å². The number of pyridine rings is 1. The summed E-state index contributed by atoms with van der Waals surface area (Å²) in [6.07, 6.45) is 5.55. The van der Waals surface area contributed by atoms with Gasteiger partial charge in [0.1, 0.15) is 23.0 Å². The number of anilines is 1. The number of nitrogen functional groups attached to an aromatic ring is 1. The zero-order valence-corrected chi connectivity index (χ0v) is 19.1. The summed E-state index contributed by atoms with van der Waals surface area (Å²) >= 11 is 0. The molecule has 174 valence electrons. The minimum Gasteiger partial charge on any atom is -0.382 e. The number of likely N-dealkylation sites (tertiary alicyclic amines) is 1. The first-order chi connectivity index (χ1) is 16.4. The highest BCUT2D eigenvalue weighted by Crippen LogP contribution is 2.31. The molecule has 1 fully saturated rings. The molecule has 3 N–H and O–H groups in total. The van der Waals surface area contributed by atoms with Crippen molar-refractivity contribution in [2.45, 2.75) is 32.4 Å². The predicted molar refractivity (Wildman–Crippen MR) is 128 cm³/mol. The van der Waals surface area contributed by atoms with Crippen LogP contribution >= 0.6 is 0 Å². The fraction of sp³-hybridized carbons (Fsp3) is 0.280. The zero-order chi connectivity index (χ0) is 23.8. The quantitative estimate of drug-likeness (QED) is 0.475. The highest BCUT2D eigenvalue weighted by atomic mass is 19.1. The van der Waals surface area contributed by atoms with Crippen LogP contribution in [0.15, 0.2) is 48.8 Å². The van der Waals surface area contributed by atoms with Gasteiger partial charge in [-0.15, -0.1) is 0 Å². The van der Waals surface area contributed by atoms with Gasteiger partial charge in [0, 0.05) is 29.2 Å². The Morgan fingerprint density at radius 3 is 2.79 bits per heavy atom. The molecular formula is C25H26FN7O. The van der Waals surface area contributed by atoms with Gasteiger partial charge < -0.3 is 15.5 Å². The van der Waals surface area contributed by atoms with Crippen molar-refractivity contribution >= 4 is 17.4 Å². The lowest BCUT2D eigenvalue weighted by molar-refractivity contribution is -0.125. The van der Waals surface area contributed by atoms with E-state index in [9.17, 15) is 9.18 Å². The molecule has 1 aliphatic heterocycles. The number of halogens is 1. The van der Waals surface area contributed by atoms with Gasteiger partial charge in [0.15, 0.2) is 0 Å². The lowest BCUT2D eigenvalue weighted by Crippen LogP contribution is -2.41. The van der Waals surface area contributed by atoms with Crippen molar-refractivity contribution in [3.05, 3.63) is 66.0 Å². The maximum Gasteiger partial charge on any atom is 0.237 e. The van der Waals surface area contributed by atoms with E-state index in [0.29, 0.717) is 22.6 Å². The number of nitrogens with one attached hydrogen (secondary N) is 1. The molecule has 1 atom stereocenters. The van der Waals surface area contributed by atoms with E-state index in [1.165, 1.54) is 12.1 Å². The van der Waals surface area contributed by atoms with E-state index in [4.69, 9.17) is 10.7 Å². The van der Waals surface area contributed by atoms with Gasteiger partial charge in [0.2, 0.25) is 5.91 Å². The van der Waals surface area contributed by atoms with E-state index in [-0.39, 0.29) is 30.1 Å². The number of imidazole rings is 1. The molecule has 1 saturated heterocycles. The standard InChI is InChI=1S/C25H26FN7O/c1-15-12-28-21-9-8-17(14-33(15)21)23-22(16-5-3-6-18(26)11-16)31-24(27)19(30-23)13-29-25(34)20-7-4-10-32(20)2/h3,5-6,8-9,11-12,14,20H,4,7,10,13H2,1-2H3,(H2,27,31)(H,29,34). The third-order valence-electron chi connectivity index (χ3n) is 6.31. The number of aryl methyl sites for hydroxylation is 1. The molecule has 5 rings (SSSR count). The molecule has 1 amide bonds. The van der Waals surface area contributed by atoms with Crippen LogP contribution in [0.4, 0.5) is 10.2 Å². The van der Waals surface area contributed by atoms with Crippen LogP contribution in [0.2, 0.25) is 0 Å². The fourth-order valence-corrected chi connectivity index (χ4v) is 4.42. The monoisotopic (exact) mass is 459 g/mol. The van der Waals surface area contributed by atoms with Crippen LogP contribution in [0.25, 0.3) is 28.2 Å². The third kappa shape index (κ3) is 4.10. The maximum absolute atomic E-state index is 14.0. The third-order valence-corrected chi connectivity index (χ3v) is 6.31. The Morgan fingerprint density at radius 2 is 2.03 bits per heavy atom. The average Bonchev–Trinajstić information content (AvgIpc) is 3.43. The van der Waals surface area contributed by atoms with Gasteiger partial charge in [-0.2, -0.15) is 0 Å². The SMILES string of the molecule is Cc1cnc2ccc(-c3nc(CNC(=O)C4CCCN4C)c(N)nc3-c3cccc(F)c3)cn12. The zero-order valence-electron chi connectivity index (χ0n) is 19.1. The van der Waals surface area contributed by atoms with Gasteiger partial charge >= 0.3 is 0 Å². The molecule has 8 nitrogen and oxygen atoms in total. The summed E-state index contributed by atoms with van der Waals surface area (Å²) in [6.45, 7) is 3.03. The van der Waals surface area contributed by atoms with Gasteiger partial charge in [-0.05, 0) is 57.6 Å². The van der Waals surface area contributed by atoms with Crippen molar-refractivity contribution in [2.24, 2.45) is 0 Å². The largest absolute Gasteiger partial charge is 0.382 e. The second-order valence-corrected chi connectivity index (χ2v) is 8.67. The molecule has 34 heavy (non-hydrogen) atoms. The first kappa shape index (κ1) is 22.0. The molecule has 9 heteroatoms. The number of hydrogen-bond acceptors (Lipinski definition) is 6. The van der Waals surface area contributed by atoms with E-state index in [1.54, 1.807) is 18.3 Å². The lowest BCUT2D eigenvalue weighted by atomic mass is 10.0. The Kier molecular flexibility index (Phi) is 5.70. The van der Waals surface area contributed by atoms with Crippen molar-refractivity contribution in [1.82, 2.24) is 29.6 Å². The van der Waals surface area contributed by atoms with Crippen LogP contribution in [-0.2, 0) is 11.3 Å². The van der Waals surface area contributed by atoms with E-state index in [0.717, 1.165) is 36.3 Å². The van der Waals surface area contributed by atoms with Crippen molar-refractivity contribution in [3.63, 3.8) is 0 Å². The Hall–Kier alpha value is -3.85. The highest BCUT2D eigenvalue weighted by Gasteiger charge is 2.27. The molecule has 4 aromatic rings. The van der Waals surface area contributed by atoms with Crippen LogP contribution in [0, 0.1) is 12.7 Å². The van der Waals surface area contributed by atoms with Crippen LogP contribution in [0.5, 0.6) is 0 Å². The average molecular weight is 460 g/mol. The van der Waals surface area contributed by atoms with Crippen LogP contribution < -0.4 is 11.1 Å². The van der Waals surface area contributed by atoms with E-state index in [2.05, 4.69) is 15.3 Å². The van der Waals surface area contributed by atoms with Gasteiger partial charge in [-0.1, -0.05) is 12.1 Å². The molecule has 0 saturated carbocycles. The van der Waals surface area contributed by atoms with Crippen LogP contribution in [-0.4, -0.2) is 49.8 Å². The number of carbonyl (C=O) groups is 1. The molecule has 1 aromatic carbocycles. The molecule has 0 aliphatic carbocycles.